The molecule has 3 atom stereocenters. The molecule has 1 fully saturated rings. The van der Waals surface area contributed by atoms with E-state index < -0.39 is 5.97 Å². The molecule has 1 aromatic rings. The average molecular weight is 290 g/mol. The molecule has 1 aliphatic rings. The summed E-state index contributed by atoms with van der Waals surface area (Å²) in [4.78, 5) is 11.0. The van der Waals surface area contributed by atoms with Gasteiger partial charge < -0.3 is 14.6 Å². The Morgan fingerprint density at radius 1 is 1.38 bits per heavy atom. The molecule has 0 amide bonds. The van der Waals surface area contributed by atoms with E-state index in [-0.39, 0.29) is 24.7 Å². The van der Waals surface area contributed by atoms with Gasteiger partial charge in [-0.25, -0.2) is 0 Å². The molecule has 114 valence electrons. The van der Waals surface area contributed by atoms with E-state index in [9.17, 15) is 4.79 Å². The van der Waals surface area contributed by atoms with E-state index in [1.807, 2.05) is 49.4 Å². The minimum absolute atomic E-state index is 0.00377. The van der Waals surface area contributed by atoms with E-state index in [0.29, 0.717) is 6.61 Å². The van der Waals surface area contributed by atoms with Crippen LogP contribution in [0.5, 0.6) is 0 Å². The summed E-state index contributed by atoms with van der Waals surface area (Å²) in [5, 5.41) is 9.03. The van der Waals surface area contributed by atoms with Crippen LogP contribution < -0.4 is 0 Å². The van der Waals surface area contributed by atoms with Crippen LogP contribution in [-0.2, 0) is 20.9 Å². The van der Waals surface area contributed by atoms with Crippen molar-refractivity contribution in [2.24, 2.45) is 0 Å². The van der Waals surface area contributed by atoms with Crippen LogP contribution in [0.2, 0.25) is 0 Å². The van der Waals surface area contributed by atoms with Gasteiger partial charge in [-0.15, -0.1) is 0 Å². The molecule has 1 aromatic carbocycles. The molecular formula is C17H22O4. The Hall–Kier alpha value is -1.65. The Bertz CT molecular complexity index is 469. The first-order valence-electron chi connectivity index (χ1n) is 7.34. The molecule has 1 aliphatic heterocycles. The molecule has 4 heteroatoms. The molecule has 0 spiro atoms. The van der Waals surface area contributed by atoms with Crippen LogP contribution in [-0.4, -0.2) is 29.4 Å². The second-order valence-electron chi connectivity index (χ2n) is 5.25. The van der Waals surface area contributed by atoms with Gasteiger partial charge >= 0.3 is 5.97 Å². The number of rotatable bonds is 6. The van der Waals surface area contributed by atoms with Gasteiger partial charge in [0, 0.05) is 0 Å². The average Bonchev–Trinajstić information content (AvgIpc) is 2.47. The van der Waals surface area contributed by atoms with Crippen molar-refractivity contribution >= 4 is 5.97 Å². The maximum atomic E-state index is 11.0. The molecule has 2 rings (SSSR count). The summed E-state index contributed by atoms with van der Waals surface area (Å²) >= 11 is 0. The maximum Gasteiger partial charge on any atom is 0.306 e. The van der Waals surface area contributed by atoms with Crippen LogP contribution >= 0.6 is 0 Å². The summed E-state index contributed by atoms with van der Waals surface area (Å²) < 4.78 is 11.7. The second kappa shape index (κ2) is 7.96. The third-order valence-electron chi connectivity index (χ3n) is 3.59. The SMILES string of the molecule is C/C=C/[C@H]1CC[C@H](OCc2ccccc2)[C@H](CC(=O)O)O1. The van der Waals surface area contributed by atoms with Gasteiger partial charge in [-0.05, 0) is 25.3 Å². The van der Waals surface area contributed by atoms with Gasteiger partial charge in [0.2, 0.25) is 0 Å². The Labute approximate surface area is 125 Å². The van der Waals surface area contributed by atoms with Crippen molar-refractivity contribution in [1.82, 2.24) is 0 Å². The van der Waals surface area contributed by atoms with Gasteiger partial charge in [0.05, 0.1) is 31.3 Å². The normalized spacial score (nSPS) is 26.0. The topological polar surface area (TPSA) is 55.8 Å². The monoisotopic (exact) mass is 290 g/mol. The molecule has 0 aromatic heterocycles. The summed E-state index contributed by atoms with van der Waals surface area (Å²) in [7, 11) is 0. The fraction of sp³-hybridized carbons (Fsp3) is 0.471. The molecule has 1 heterocycles. The van der Waals surface area contributed by atoms with Crippen LogP contribution in [0.4, 0.5) is 0 Å². The summed E-state index contributed by atoms with van der Waals surface area (Å²) in [6, 6.07) is 9.89. The molecule has 21 heavy (non-hydrogen) atoms. The molecule has 0 aliphatic carbocycles. The number of benzene rings is 1. The first-order chi connectivity index (χ1) is 10.2. The minimum atomic E-state index is -0.852. The van der Waals surface area contributed by atoms with Crippen molar-refractivity contribution in [1.29, 1.82) is 0 Å². The lowest BCUT2D eigenvalue weighted by molar-refractivity contribution is -0.157. The van der Waals surface area contributed by atoms with E-state index in [0.717, 1.165) is 18.4 Å². The number of carbonyl (C=O) groups is 1. The van der Waals surface area contributed by atoms with Crippen molar-refractivity contribution in [3.63, 3.8) is 0 Å². The van der Waals surface area contributed by atoms with E-state index >= 15 is 0 Å². The molecular weight excluding hydrogens is 268 g/mol. The van der Waals surface area contributed by atoms with Crippen molar-refractivity contribution < 1.29 is 19.4 Å². The zero-order valence-corrected chi connectivity index (χ0v) is 12.3. The molecule has 1 N–H and O–H groups in total. The summed E-state index contributed by atoms with van der Waals surface area (Å²) in [5.74, 6) is -0.852. The van der Waals surface area contributed by atoms with Crippen LogP contribution in [0, 0.1) is 0 Å². The highest BCUT2D eigenvalue weighted by Crippen LogP contribution is 2.26. The van der Waals surface area contributed by atoms with E-state index in [1.54, 1.807) is 0 Å². The van der Waals surface area contributed by atoms with Crippen LogP contribution in [0.3, 0.4) is 0 Å². The third-order valence-corrected chi connectivity index (χ3v) is 3.59. The van der Waals surface area contributed by atoms with Gasteiger partial charge in [-0.1, -0.05) is 42.5 Å². The number of hydrogen-bond donors (Lipinski definition) is 1. The Morgan fingerprint density at radius 2 is 2.14 bits per heavy atom. The lowest BCUT2D eigenvalue weighted by Gasteiger charge is -2.34. The number of allylic oxidation sites excluding steroid dienone is 1. The quantitative estimate of drug-likeness (QED) is 0.818. The molecule has 0 saturated carbocycles. The molecule has 1 saturated heterocycles. The zero-order chi connectivity index (χ0) is 15.1. The van der Waals surface area contributed by atoms with E-state index in [2.05, 4.69) is 0 Å². The number of carboxylic acid groups (broad SMARTS) is 1. The summed E-state index contributed by atoms with van der Waals surface area (Å²) in [5.41, 5.74) is 1.09. The maximum absolute atomic E-state index is 11.0. The Morgan fingerprint density at radius 3 is 2.81 bits per heavy atom. The standard InChI is InChI=1S/C17H22O4/c1-2-6-14-9-10-15(16(21-14)11-17(18)19)20-12-13-7-4-3-5-8-13/h2-8,14-16H,9-12H2,1H3,(H,18,19)/b6-2+/t14-,15-,16-/m0/s1. The first-order valence-corrected chi connectivity index (χ1v) is 7.34. The minimum Gasteiger partial charge on any atom is -0.481 e. The predicted octanol–water partition coefficient (Wildman–Crippen LogP) is 3.17. The lowest BCUT2D eigenvalue weighted by Crippen LogP contribution is -2.41. The lowest BCUT2D eigenvalue weighted by atomic mass is 9.98. The first kappa shape index (κ1) is 15.7. The molecule has 4 nitrogen and oxygen atoms in total. The zero-order valence-electron chi connectivity index (χ0n) is 12.3. The Kier molecular flexibility index (Phi) is 5.96. The van der Waals surface area contributed by atoms with E-state index in [4.69, 9.17) is 14.6 Å². The fourth-order valence-corrected chi connectivity index (χ4v) is 2.57. The van der Waals surface area contributed by atoms with Crippen LogP contribution in [0.25, 0.3) is 0 Å². The number of ether oxygens (including phenoxy) is 2. The molecule has 0 bridgehead atoms. The van der Waals surface area contributed by atoms with Gasteiger partial charge in [0.25, 0.3) is 0 Å². The van der Waals surface area contributed by atoms with Gasteiger partial charge in [-0.2, -0.15) is 0 Å². The van der Waals surface area contributed by atoms with Gasteiger partial charge in [0.1, 0.15) is 0 Å². The molecule has 0 unspecified atom stereocenters. The van der Waals surface area contributed by atoms with Gasteiger partial charge in [0.15, 0.2) is 0 Å². The molecule has 0 radical (unpaired) electrons. The highest BCUT2D eigenvalue weighted by Gasteiger charge is 2.32. The van der Waals surface area contributed by atoms with Crippen molar-refractivity contribution in [2.75, 3.05) is 0 Å². The second-order valence-corrected chi connectivity index (χ2v) is 5.25. The van der Waals surface area contributed by atoms with E-state index in [1.165, 1.54) is 0 Å². The third kappa shape index (κ3) is 4.99. The number of hydrogen-bond acceptors (Lipinski definition) is 3. The highest BCUT2D eigenvalue weighted by molar-refractivity contribution is 5.67. The van der Waals surface area contributed by atoms with Crippen molar-refractivity contribution in [3.05, 3.63) is 48.0 Å². The smallest absolute Gasteiger partial charge is 0.306 e. The van der Waals surface area contributed by atoms with Gasteiger partial charge in [-0.3, -0.25) is 4.79 Å². The van der Waals surface area contributed by atoms with Crippen molar-refractivity contribution in [2.45, 2.75) is 51.1 Å². The largest absolute Gasteiger partial charge is 0.481 e. The highest BCUT2D eigenvalue weighted by atomic mass is 16.5. The van der Waals surface area contributed by atoms with Crippen molar-refractivity contribution in [3.8, 4) is 0 Å². The van der Waals surface area contributed by atoms with Crippen LogP contribution in [0.1, 0.15) is 31.7 Å². The fourth-order valence-electron chi connectivity index (χ4n) is 2.57. The summed E-state index contributed by atoms with van der Waals surface area (Å²) in [6.45, 7) is 2.42. The van der Waals surface area contributed by atoms with Crippen LogP contribution in [0.15, 0.2) is 42.5 Å². The number of aliphatic carboxylic acids is 1. The Balaban J connectivity index is 1.94. The summed E-state index contributed by atoms with van der Waals surface area (Å²) in [6.07, 6.45) is 5.02. The number of carboxylic acids is 1. The predicted molar refractivity (Wildman–Crippen MR) is 80.0 cm³/mol.